The third kappa shape index (κ3) is 5.70. The van der Waals surface area contributed by atoms with Gasteiger partial charge in [0.15, 0.2) is 0 Å². The molecule has 0 aliphatic carbocycles. The molecule has 3 aromatic rings. The molecule has 1 amide bonds. The van der Waals surface area contributed by atoms with E-state index in [1.807, 2.05) is 71.9 Å². The zero-order valence-electron chi connectivity index (χ0n) is 20.6. The summed E-state index contributed by atoms with van der Waals surface area (Å²) in [5, 5.41) is 15.7. The number of hydrazine groups is 1. The quantitative estimate of drug-likeness (QED) is 0.371. The van der Waals surface area contributed by atoms with E-state index in [0.717, 1.165) is 42.9 Å². The number of halogens is 2. The Bertz CT molecular complexity index is 1240. The number of piperidine rings is 1. The molecular formula is C30H31Cl2N3O2. The standard InChI is InChI=1S/C30H31Cl2N3O2/c31-26-14-13-25(22-27(26)32)35-28(23-8-3-1-4-9-23)15-19-34(35)29(36)12-7-18-33-20-16-30(37,17-21-33)24-10-5-2-6-11-24/h1-6,8-11,13-15,19,22,28,37H,7,12,16-18,20-21H2. The van der Waals surface area contributed by atoms with Crippen LogP contribution in [0.3, 0.4) is 0 Å². The molecule has 0 spiro atoms. The number of carbonyl (C=O) groups is 1. The Morgan fingerprint density at radius 2 is 1.59 bits per heavy atom. The highest BCUT2D eigenvalue weighted by Gasteiger charge is 2.34. The van der Waals surface area contributed by atoms with E-state index in [1.165, 1.54) is 0 Å². The van der Waals surface area contributed by atoms with Crippen LogP contribution < -0.4 is 5.01 Å². The number of hydrogen-bond donors (Lipinski definition) is 1. The van der Waals surface area contributed by atoms with Crippen LogP contribution in [-0.2, 0) is 10.4 Å². The Kier molecular flexibility index (Phi) is 7.87. The van der Waals surface area contributed by atoms with E-state index in [9.17, 15) is 9.90 Å². The van der Waals surface area contributed by atoms with Gasteiger partial charge in [0, 0.05) is 25.7 Å². The molecule has 0 saturated carbocycles. The van der Waals surface area contributed by atoms with Crippen LogP contribution in [0.2, 0.25) is 10.0 Å². The summed E-state index contributed by atoms with van der Waals surface area (Å²) in [5.74, 6) is 0.0264. The summed E-state index contributed by atoms with van der Waals surface area (Å²) in [6.45, 7) is 2.45. The number of aliphatic hydroxyl groups is 1. The van der Waals surface area contributed by atoms with Crippen LogP contribution in [0.25, 0.3) is 0 Å². The number of amides is 1. The van der Waals surface area contributed by atoms with Gasteiger partial charge in [0.25, 0.3) is 0 Å². The minimum atomic E-state index is -0.763. The van der Waals surface area contributed by atoms with Gasteiger partial charge in [0.1, 0.15) is 0 Å². The lowest BCUT2D eigenvalue weighted by molar-refractivity contribution is -0.129. The molecule has 0 radical (unpaired) electrons. The van der Waals surface area contributed by atoms with E-state index in [2.05, 4.69) is 17.0 Å². The zero-order valence-corrected chi connectivity index (χ0v) is 22.2. The minimum Gasteiger partial charge on any atom is -0.385 e. The van der Waals surface area contributed by atoms with Crippen molar-refractivity contribution < 1.29 is 9.90 Å². The number of hydrogen-bond acceptors (Lipinski definition) is 4. The van der Waals surface area contributed by atoms with Crippen molar-refractivity contribution in [1.82, 2.24) is 9.91 Å². The SMILES string of the molecule is O=C(CCCN1CCC(O)(c2ccccc2)CC1)N1C=CC(c2ccccc2)N1c1ccc(Cl)c(Cl)c1. The van der Waals surface area contributed by atoms with E-state index in [4.69, 9.17) is 23.2 Å². The van der Waals surface area contributed by atoms with Crippen LogP contribution >= 0.6 is 23.2 Å². The van der Waals surface area contributed by atoms with Gasteiger partial charge in [-0.15, -0.1) is 0 Å². The van der Waals surface area contributed by atoms with Gasteiger partial charge in [-0.25, -0.2) is 5.01 Å². The van der Waals surface area contributed by atoms with E-state index in [0.29, 0.717) is 29.3 Å². The van der Waals surface area contributed by atoms with Gasteiger partial charge in [-0.3, -0.25) is 9.80 Å². The summed E-state index contributed by atoms with van der Waals surface area (Å²) in [7, 11) is 0. The van der Waals surface area contributed by atoms with Crippen LogP contribution in [0.5, 0.6) is 0 Å². The van der Waals surface area contributed by atoms with Crippen molar-refractivity contribution in [3.8, 4) is 0 Å². The minimum absolute atomic E-state index is 0.0264. The van der Waals surface area contributed by atoms with Crippen molar-refractivity contribution in [2.24, 2.45) is 0 Å². The molecule has 5 rings (SSSR count). The maximum atomic E-state index is 13.4. The van der Waals surface area contributed by atoms with Crippen LogP contribution in [0.1, 0.15) is 42.9 Å². The first-order valence-electron chi connectivity index (χ1n) is 12.7. The first-order valence-corrected chi connectivity index (χ1v) is 13.5. The summed E-state index contributed by atoms with van der Waals surface area (Å²) in [6, 6.07) is 25.3. The fraction of sp³-hybridized carbons (Fsp3) is 0.300. The maximum absolute atomic E-state index is 13.4. The van der Waals surface area contributed by atoms with Crippen LogP contribution in [0, 0.1) is 0 Å². The first-order chi connectivity index (χ1) is 17.9. The lowest BCUT2D eigenvalue weighted by Crippen LogP contribution is -2.43. The average molecular weight is 537 g/mol. The van der Waals surface area contributed by atoms with Gasteiger partial charge in [-0.05, 0) is 61.2 Å². The molecule has 1 N–H and O–H groups in total. The Balaban J connectivity index is 1.21. The molecule has 7 heteroatoms. The number of likely N-dealkylation sites (tertiary alicyclic amines) is 1. The molecular weight excluding hydrogens is 505 g/mol. The van der Waals surface area contributed by atoms with Crippen molar-refractivity contribution in [2.45, 2.75) is 37.3 Å². The van der Waals surface area contributed by atoms with Crippen LogP contribution in [0.15, 0.2) is 91.1 Å². The van der Waals surface area contributed by atoms with Gasteiger partial charge < -0.3 is 10.0 Å². The molecule has 0 bridgehead atoms. The highest BCUT2D eigenvalue weighted by molar-refractivity contribution is 6.42. The van der Waals surface area contributed by atoms with Gasteiger partial charge in [0.2, 0.25) is 5.91 Å². The van der Waals surface area contributed by atoms with Crippen LogP contribution in [0.4, 0.5) is 5.69 Å². The molecule has 1 saturated heterocycles. The largest absolute Gasteiger partial charge is 0.385 e. The van der Waals surface area contributed by atoms with Crippen molar-refractivity contribution in [3.63, 3.8) is 0 Å². The Labute approximate surface area is 228 Å². The molecule has 5 nitrogen and oxygen atoms in total. The van der Waals surface area contributed by atoms with Gasteiger partial charge in [-0.1, -0.05) is 83.9 Å². The van der Waals surface area contributed by atoms with E-state index < -0.39 is 5.60 Å². The Morgan fingerprint density at radius 1 is 0.919 bits per heavy atom. The number of anilines is 1. The highest BCUT2D eigenvalue weighted by atomic mass is 35.5. The summed E-state index contributed by atoms with van der Waals surface area (Å²) in [4.78, 5) is 15.7. The Morgan fingerprint density at radius 3 is 2.27 bits per heavy atom. The van der Waals surface area contributed by atoms with Crippen molar-refractivity contribution >= 4 is 34.8 Å². The molecule has 0 aromatic heterocycles. The van der Waals surface area contributed by atoms with Crippen molar-refractivity contribution in [3.05, 3.63) is 112 Å². The number of carbonyl (C=O) groups excluding carboxylic acids is 1. The van der Waals surface area contributed by atoms with Crippen LogP contribution in [-0.4, -0.2) is 40.6 Å². The monoisotopic (exact) mass is 535 g/mol. The van der Waals surface area contributed by atoms with E-state index >= 15 is 0 Å². The maximum Gasteiger partial charge on any atom is 0.245 e. The predicted molar refractivity (Wildman–Crippen MR) is 149 cm³/mol. The second kappa shape index (κ2) is 11.3. The summed E-state index contributed by atoms with van der Waals surface area (Å²) >= 11 is 12.5. The number of benzene rings is 3. The number of nitrogens with zero attached hydrogens (tertiary/aromatic N) is 3. The summed E-state index contributed by atoms with van der Waals surface area (Å²) in [5.41, 5.74) is 2.11. The topological polar surface area (TPSA) is 47.0 Å². The van der Waals surface area contributed by atoms with E-state index in [-0.39, 0.29) is 11.9 Å². The second-order valence-electron chi connectivity index (χ2n) is 9.72. The molecule has 2 aliphatic heterocycles. The third-order valence-electron chi connectivity index (χ3n) is 7.33. The van der Waals surface area contributed by atoms with Crippen molar-refractivity contribution in [1.29, 1.82) is 0 Å². The fourth-order valence-corrected chi connectivity index (χ4v) is 5.51. The molecule has 2 aliphatic rings. The predicted octanol–water partition coefficient (Wildman–Crippen LogP) is 6.58. The third-order valence-corrected chi connectivity index (χ3v) is 8.07. The molecule has 1 atom stereocenters. The molecule has 192 valence electrons. The second-order valence-corrected chi connectivity index (χ2v) is 10.5. The molecule has 1 unspecified atom stereocenters. The normalized spacial score (nSPS) is 19.4. The molecule has 1 fully saturated rings. The molecule has 3 aromatic carbocycles. The van der Waals surface area contributed by atoms with Gasteiger partial charge in [0.05, 0.1) is 27.4 Å². The summed E-state index contributed by atoms with van der Waals surface area (Å²) < 4.78 is 0. The highest BCUT2D eigenvalue weighted by Crippen LogP contribution is 2.38. The molecule has 2 heterocycles. The average Bonchev–Trinajstić information content (AvgIpc) is 3.38. The number of rotatable bonds is 7. The van der Waals surface area contributed by atoms with Gasteiger partial charge in [-0.2, -0.15) is 0 Å². The lowest BCUT2D eigenvalue weighted by atomic mass is 9.84. The molecule has 37 heavy (non-hydrogen) atoms. The van der Waals surface area contributed by atoms with E-state index in [1.54, 1.807) is 17.1 Å². The first kappa shape index (κ1) is 25.8. The summed E-state index contributed by atoms with van der Waals surface area (Å²) in [6.07, 6.45) is 6.45. The van der Waals surface area contributed by atoms with Crippen molar-refractivity contribution in [2.75, 3.05) is 24.6 Å². The smallest absolute Gasteiger partial charge is 0.245 e. The Hall–Kier alpha value is -2.83. The van der Waals surface area contributed by atoms with Gasteiger partial charge >= 0.3 is 0 Å². The lowest BCUT2D eigenvalue weighted by Gasteiger charge is -2.38. The fourth-order valence-electron chi connectivity index (χ4n) is 5.22. The zero-order chi connectivity index (χ0) is 25.8.